The first-order valence-electron chi connectivity index (χ1n) is 33.0. The van der Waals surface area contributed by atoms with Crippen LogP contribution in [-0.2, 0) is 39.3 Å². The second-order valence-corrected chi connectivity index (χ2v) is 32.3. The van der Waals surface area contributed by atoms with Crippen LogP contribution in [0.3, 0.4) is 0 Å². The Morgan fingerprint density at radius 3 is 0.839 bits per heavy atom. The molecule has 87 heavy (non-hydrogen) atoms. The smallest absolute Gasteiger partial charge is 0.128 e. The molecule has 0 amide bonds. The first-order valence-corrected chi connectivity index (χ1v) is 33.0. The van der Waals surface area contributed by atoms with E-state index in [1.54, 1.807) is 310 Å². The van der Waals surface area contributed by atoms with Crippen molar-refractivity contribution in [2.24, 2.45) is 15.8 Å². The molecule has 2 saturated carbocycles. The average molecular weight is 1080 g/mol. The summed E-state index contributed by atoms with van der Waals surface area (Å²) in [5.74, 6) is 0. The van der Waals surface area contributed by atoms with Gasteiger partial charge in [-0.05, 0) is 377 Å². The van der Waals surface area contributed by atoms with Crippen molar-refractivity contribution >= 4 is 272 Å². The predicted molar refractivity (Wildman–Crippen MR) is 358 cm³/mol. The highest BCUT2D eigenvalue weighted by molar-refractivity contribution is 6.79. The molecular formula is C84H28N2O. The lowest BCUT2D eigenvalue weighted by atomic mass is 9.66. The molecular weight excluding hydrogens is 1050 g/mol. The molecule has 26 aromatic rings. The van der Waals surface area contributed by atoms with E-state index < -0.39 is 32.5 Å². The molecule has 4 spiro atoms. The van der Waals surface area contributed by atoms with Gasteiger partial charge in [-0.1, -0.05) is 24.3 Å². The third-order valence-corrected chi connectivity index (χ3v) is 31.8. The Labute approximate surface area is 483 Å². The number of aliphatic imine (C=N–C) groups is 1. The van der Waals surface area contributed by atoms with Gasteiger partial charge in [-0.2, -0.15) is 0 Å². The number of hydrogen-bond acceptors (Lipinski definition) is 3. The molecule has 0 heterocycles. The minimum Gasteiger partial charge on any atom is -0.378 e. The maximum absolute atomic E-state index is 16.6. The van der Waals surface area contributed by atoms with Gasteiger partial charge in [0.15, 0.2) is 0 Å². The molecule has 0 aliphatic heterocycles. The highest BCUT2D eigenvalue weighted by Gasteiger charge is 2.99. The van der Waals surface area contributed by atoms with E-state index in [-0.39, 0.29) is 0 Å². The second-order valence-electron chi connectivity index (χ2n) is 32.3. The van der Waals surface area contributed by atoms with Crippen molar-refractivity contribution in [3.8, 4) is 11.1 Å². The van der Waals surface area contributed by atoms with E-state index in [2.05, 4.69) is 73.7 Å². The van der Waals surface area contributed by atoms with Crippen LogP contribution in [0.15, 0.2) is 53.5 Å². The summed E-state index contributed by atoms with van der Waals surface area (Å²) in [5, 5.41) is 74.7. The van der Waals surface area contributed by atoms with Gasteiger partial charge in [-0.25, -0.2) is 0 Å². The molecule has 0 saturated heterocycles. The van der Waals surface area contributed by atoms with Crippen molar-refractivity contribution in [3.63, 3.8) is 0 Å². The highest BCUT2D eigenvalue weighted by atomic mass is 16.1. The zero-order chi connectivity index (χ0) is 53.2. The molecule has 12 bridgehead atoms. The van der Waals surface area contributed by atoms with Crippen molar-refractivity contribution in [2.45, 2.75) is 60.2 Å². The summed E-state index contributed by atoms with van der Waals surface area (Å²) < 4.78 is 0. The molecule has 26 aromatic carbocycles. The Bertz CT molecular complexity index is 7910. The van der Waals surface area contributed by atoms with E-state index in [1.807, 2.05) is 0 Å². The van der Waals surface area contributed by atoms with Gasteiger partial charge in [0.05, 0.1) is 21.9 Å². The average Bonchev–Trinajstić information content (AvgIpc) is 1.35. The Kier molecular flexibility index (Phi) is 3.46. The normalized spacial score (nSPS) is 28.8. The van der Waals surface area contributed by atoms with Crippen LogP contribution in [0.4, 0.5) is 11.4 Å². The molecule has 0 aromatic heterocycles. The fourth-order valence-electron chi connectivity index (χ4n) is 31.4. The van der Waals surface area contributed by atoms with Crippen molar-refractivity contribution < 1.29 is 4.79 Å². The van der Waals surface area contributed by atoms with E-state index in [0.717, 1.165) is 44.2 Å². The summed E-state index contributed by atoms with van der Waals surface area (Å²) >= 11 is 0. The highest BCUT2D eigenvalue weighted by Crippen LogP contribution is 3.02. The van der Waals surface area contributed by atoms with Crippen LogP contribution in [0.5, 0.6) is 0 Å². The first kappa shape index (κ1) is 35.7. The van der Waals surface area contributed by atoms with Crippen LogP contribution >= 0.6 is 0 Å². The molecule has 380 valence electrons. The number of benzene rings is 18. The third kappa shape index (κ3) is 2.03. The second kappa shape index (κ2) is 8.45. The topological polar surface area (TPSA) is 32.7 Å². The third-order valence-electron chi connectivity index (χ3n) is 31.8. The van der Waals surface area contributed by atoms with Crippen LogP contribution in [0, 0.1) is 10.8 Å². The number of rotatable bonds is 4. The maximum atomic E-state index is 16.6. The first-order chi connectivity index (χ1) is 43.1. The molecule has 0 radical (unpaired) electrons. The minimum atomic E-state index is -0.667. The lowest BCUT2D eigenvalue weighted by Gasteiger charge is -2.34. The van der Waals surface area contributed by atoms with Gasteiger partial charge in [0, 0.05) is 42.2 Å². The van der Waals surface area contributed by atoms with Gasteiger partial charge in [0.1, 0.15) is 6.29 Å². The number of anilines is 1. The van der Waals surface area contributed by atoms with E-state index in [1.165, 1.54) is 16.8 Å². The Hall–Kier alpha value is -9.70. The van der Waals surface area contributed by atoms with Gasteiger partial charge in [0.25, 0.3) is 0 Å². The molecule has 14 aliphatic carbocycles. The Balaban J connectivity index is 0.968. The van der Waals surface area contributed by atoms with E-state index in [9.17, 15) is 0 Å². The van der Waals surface area contributed by atoms with E-state index in [4.69, 9.17) is 4.99 Å². The number of aryl methyl sites for hydroxylation is 2. The minimum absolute atomic E-state index is 0.402. The van der Waals surface area contributed by atoms with Crippen molar-refractivity contribution in [1.82, 2.24) is 0 Å². The SMILES string of the molecule is CN(C)c1ccc(N=CC23CCCc4ccc(cc4)CCCC4(C=O)C56c7c8c9c%10c%11c%12c%13c%14c%15c%16c%17c(c-8c5c5c8c%18c%19c%20c(c%21c7c%10c7c%21c%10c%20c%20c%21c%19c%19c8c(c5%17)c5c%16c8c%14c%14c%13c%13c%11c7c7c%10c%20c%10c(c%137)c%14c7c8c5c%19c%21c7%10)C%1846)C%152C9%123)cc1. The maximum Gasteiger partial charge on any atom is 0.128 e. The summed E-state index contributed by atoms with van der Waals surface area (Å²) in [6.45, 7) is 0. The molecule has 2 fully saturated rings. The van der Waals surface area contributed by atoms with Crippen molar-refractivity contribution in [2.75, 3.05) is 19.0 Å². The molecule has 0 N–H and O–H groups in total. The summed E-state index contributed by atoms with van der Waals surface area (Å²) in [6.07, 6.45) is 10.5. The van der Waals surface area contributed by atoms with Crippen LogP contribution in [-0.4, -0.2) is 26.6 Å². The van der Waals surface area contributed by atoms with E-state index >= 15 is 4.79 Å². The van der Waals surface area contributed by atoms with Gasteiger partial charge in [0.2, 0.25) is 0 Å². The van der Waals surface area contributed by atoms with Crippen LogP contribution in [0.1, 0.15) is 81.3 Å². The standard InChI is InChI=1S/C84H28N2O/c1-86(2)22-13-11-21(12-14-22)85-17-79-15-3-5-19-7-9-20(10-8-19)6-4-16-80(18-87)83-73-59-47-36-27-23-24-26-31-25(23)32-29-34(27)42(47)53-45-38(29)49-40(32)51-44(31)52-41-33(26)30-35-28(24)37(36)48-43(35)54-46-39(30)50(41)62-66-56(46)68(64(54)74(83)60(48)59)78-70-69-75-65(55(45)67(63(53)73)77(69)84(78,80)83)61(49)71-57(51)58(52)72(62)82(79,76(66)70)81(71,75)79/h7-14,17-18H,3-6,15-16H2,1-2H3. The molecule has 3 nitrogen and oxygen atoms in total. The van der Waals surface area contributed by atoms with E-state index in [0.29, 0.717) is 0 Å². The number of aldehydes is 1. The molecule has 3 unspecified atom stereocenters. The lowest BCUT2D eigenvalue weighted by Crippen LogP contribution is -2.28. The fourth-order valence-corrected chi connectivity index (χ4v) is 31.4. The van der Waals surface area contributed by atoms with Crippen LogP contribution in [0.25, 0.3) is 259 Å². The van der Waals surface area contributed by atoms with Crippen LogP contribution < -0.4 is 4.90 Å². The molecule has 3 heteroatoms. The van der Waals surface area contributed by atoms with Gasteiger partial charge in [-0.15, -0.1) is 0 Å². The number of carbonyl (C=O) groups excluding carboxylic acids is 1. The summed E-state index contributed by atoms with van der Waals surface area (Å²) in [4.78, 5) is 24.9. The summed E-state index contributed by atoms with van der Waals surface area (Å²) in [5.41, 5.74) is 18.9. The van der Waals surface area contributed by atoms with Crippen molar-refractivity contribution in [3.05, 3.63) is 104 Å². The monoisotopic (exact) mass is 1080 g/mol. The molecule has 14 aliphatic rings. The predicted octanol–water partition coefficient (Wildman–Crippen LogP) is 19.8. The van der Waals surface area contributed by atoms with Gasteiger partial charge < -0.3 is 9.69 Å². The largest absolute Gasteiger partial charge is 0.378 e. The number of hydrogen-bond donors (Lipinski definition) is 0. The molecule has 40 rings (SSSR count). The summed E-state index contributed by atoms with van der Waals surface area (Å²) in [7, 11) is 4.32. The zero-order valence-corrected chi connectivity index (χ0v) is 46.3. The van der Waals surface area contributed by atoms with Crippen LogP contribution in [0.2, 0.25) is 0 Å². The van der Waals surface area contributed by atoms with Crippen molar-refractivity contribution in [1.29, 1.82) is 0 Å². The fraction of sp³-hybridized carbons (Fsp3) is 0.167. The number of carbonyl (C=O) groups is 1. The zero-order valence-electron chi connectivity index (χ0n) is 46.3. The lowest BCUT2D eigenvalue weighted by molar-refractivity contribution is -0.113. The Morgan fingerprint density at radius 2 is 0.552 bits per heavy atom. The summed E-state index contributed by atoms with van der Waals surface area (Å²) in [6, 6.07) is 19.1. The quantitative estimate of drug-likeness (QED) is 0.0999. The Morgan fingerprint density at radius 1 is 0.310 bits per heavy atom. The number of nitrogens with zero attached hydrogens (tertiary/aromatic N) is 2. The van der Waals surface area contributed by atoms with Gasteiger partial charge >= 0.3 is 0 Å². The van der Waals surface area contributed by atoms with Gasteiger partial charge in [-0.3, -0.25) is 4.99 Å². The molecule has 3 atom stereocenters.